The smallest absolute Gasteiger partial charge is 0.327 e. The van der Waals surface area contributed by atoms with Gasteiger partial charge in [-0.05, 0) is 0 Å². The van der Waals surface area contributed by atoms with Gasteiger partial charge in [0.1, 0.15) is 5.52 Å². The van der Waals surface area contributed by atoms with E-state index in [4.69, 9.17) is 23.2 Å². The molecule has 14 heavy (non-hydrogen) atoms. The third-order valence-corrected chi connectivity index (χ3v) is 1.33. The number of alkyl halides is 2. The second kappa shape index (κ2) is 4.83. The average Bonchev–Trinajstić information content (AvgIpc) is 2.53. The Morgan fingerprint density at radius 1 is 1.29 bits per heavy atom. The van der Waals surface area contributed by atoms with Gasteiger partial charge in [-0.15, -0.1) is 23.2 Å². The summed E-state index contributed by atoms with van der Waals surface area (Å²) in [7, 11) is 0. The van der Waals surface area contributed by atoms with E-state index in [2.05, 4.69) is 19.9 Å². The summed E-state index contributed by atoms with van der Waals surface area (Å²) in [5.41, 5.74) is -0.445. The van der Waals surface area contributed by atoms with Crippen LogP contribution in [0.4, 0.5) is 0 Å². The predicted molar refractivity (Wildman–Crippen MR) is 53.9 cm³/mol. The highest BCUT2D eigenvalue weighted by molar-refractivity contribution is 6.40. The van der Waals surface area contributed by atoms with Crippen molar-refractivity contribution in [1.82, 2.24) is 19.9 Å². The highest BCUT2D eigenvalue weighted by Gasteiger charge is 1.99. The van der Waals surface area contributed by atoms with Gasteiger partial charge in [-0.3, -0.25) is 14.8 Å². The number of fused-ring (bicyclic) bond motifs is 1. The van der Waals surface area contributed by atoms with E-state index in [1.54, 1.807) is 0 Å². The molecule has 76 valence electrons. The van der Waals surface area contributed by atoms with E-state index in [-0.39, 0.29) is 16.5 Å². The zero-order valence-corrected chi connectivity index (χ0v) is 8.32. The molecule has 0 fully saturated rings. The topological polar surface area (TPSA) is 94.4 Å². The van der Waals surface area contributed by atoms with Gasteiger partial charge in [0.25, 0.3) is 5.56 Å². The number of nitrogens with zero attached hydrogens (tertiary/aromatic N) is 1. The maximum absolute atomic E-state index is 10.9. The molecule has 0 aliphatic heterocycles. The summed E-state index contributed by atoms with van der Waals surface area (Å²) in [6.45, 7) is 0. The minimum Gasteiger partial charge on any atom is -0.339 e. The van der Waals surface area contributed by atoms with Crippen LogP contribution in [0, 0.1) is 0 Å². The standard InChI is InChI=1S/C5H4N4O2.CH2Cl2/c10-4-2-3(7-1-6-2)8-5(11)9-4;2-1-3/h1H,(H3,6,7,8,9,10,11);1H2. The zero-order chi connectivity index (χ0) is 10.6. The molecule has 2 heterocycles. The van der Waals surface area contributed by atoms with Crippen LogP contribution in [0.3, 0.4) is 0 Å². The number of imidazole rings is 1. The molecule has 2 rings (SSSR count). The van der Waals surface area contributed by atoms with Crippen molar-refractivity contribution in [2.75, 3.05) is 5.34 Å². The van der Waals surface area contributed by atoms with Crippen LogP contribution in [-0.2, 0) is 0 Å². The maximum Gasteiger partial charge on any atom is 0.327 e. The van der Waals surface area contributed by atoms with Crippen LogP contribution in [0.5, 0.6) is 0 Å². The van der Waals surface area contributed by atoms with E-state index >= 15 is 0 Å². The molecule has 0 unspecified atom stereocenters. The van der Waals surface area contributed by atoms with Crippen molar-refractivity contribution in [3.8, 4) is 0 Å². The summed E-state index contributed by atoms with van der Waals surface area (Å²) >= 11 is 9.53. The maximum atomic E-state index is 10.9. The van der Waals surface area contributed by atoms with Crippen LogP contribution >= 0.6 is 23.2 Å². The molecule has 2 aromatic rings. The molecule has 0 radical (unpaired) electrons. The van der Waals surface area contributed by atoms with Crippen molar-refractivity contribution in [1.29, 1.82) is 0 Å². The van der Waals surface area contributed by atoms with Crippen molar-refractivity contribution in [3.63, 3.8) is 0 Å². The number of halogens is 2. The van der Waals surface area contributed by atoms with E-state index in [0.29, 0.717) is 0 Å². The van der Waals surface area contributed by atoms with Gasteiger partial charge in [0.15, 0.2) is 5.65 Å². The molecule has 0 aliphatic rings. The monoisotopic (exact) mass is 236 g/mol. The third kappa shape index (κ3) is 2.36. The van der Waals surface area contributed by atoms with E-state index in [0.717, 1.165) is 0 Å². The number of hydrogen-bond acceptors (Lipinski definition) is 3. The van der Waals surface area contributed by atoms with Gasteiger partial charge in [0, 0.05) is 0 Å². The van der Waals surface area contributed by atoms with Gasteiger partial charge >= 0.3 is 5.69 Å². The number of rotatable bonds is 0. The molecule has 8 heteroatoms. The fraction of sp³-hybridized carbons (Fsp3) is 0.167. The summed E-state index contributed by atoms with van der Waals surface area (Å²) in [5.74, 6) is 0. The molecule has 2 aromatic heterocycles. The molecular weight excluding hydrogens is 231 g/mol. The number of aromatic amines is 3. The predicted octanol–water partition coefficient (Wildman–Crippen LogP) is 0.361. The largest absolute Gasteiger partial charge is 0.339 e. The summed E-state index contributed by atoms with van der Waals surface area (Å²) in [4.78, 5) is 32.3. The summed E-state index contributed by atoms with van der Waals surface area (Å²) < 4.78 is 0. The molecule has 0 spiro atoms. The first-order chi connectivity index (χ1) is 6.69. The Morgan fingerprint density at radius 2 is 1.93 bits per heavy atom. The summed E-state index contributed by atoms with van der Waals surface area (Å²) in [6.07, 6.45) is 1.34. The van der Waals surface area contributed by atoms with Gasteiger partial charge in [-0.1, -0.05) is 0 Å². The van der Waals surface area contributed by atoms with Gasteiger partial charge in [0.05, 0.1) is 11.7 Å². The van der Waals surface area contributed by atoms with Crippen LogP contribution < -0.4 is 11.2 Å². The quantitative estimate of drug-likeness (QED) is 0.577. The van der Waals surface area contributed by atoms with E-state index in [1.165, 1.54) is 6.33 Å². The highest BCUT2D eigenvalue weighted by atomic mass is 35.5. The van der Waals surface area contributed by atoms with Gasteiger partial charge in [-0.2, -0.15) is 0 Å². The van der Waals surface area contributed by atoms with Gasteiger partial charge in [0.2, 0.25) is 0 Å². The van der Waals surface area contributed by atoms with Crippen molar-refractivity contribution in [2.45, 2.75) is 0 Å². The van der Waals surface area contributed by atoms with Crippen molar-refractivity contribution in [3.05, 3.63) is 27.2 Å². The van der Waals surface area contributed by atoms with E-state index < -0.39 is 11.2 Å². The van der Waals surface area contributed by atoms with E-state index in [1.807, 2.05) is 0 Å². The molecule has 0 bridgehead atoms. The molecule has 0 atom stereocenters. The number of hydrogen-bond donors (Lipinski definition) is 3. The molecule has 0 aromatic carbocycles. The SMILES string of the molecule is ClCCl.O=c1[nH]c(=O)c2[nH]cnc2[nH]1. The van der Waals surface area contributed by atoms with Crippen molar-refractivity contribution < 1.29 is 0 Å². The lowest BCUT2D eigenvalue weighted by molar-refractivity contribution is 1.07. The van der Waals surface area contributed by atoms with Crippen molar-refractivity contribution >= 4 is 34.4 Å². The lowest BCUT2D eigenvalue weighted by atomic mass is 10.5. The minimum absolute atomic E-state index is 0.194. The Hall–Kier alpha value is -1.27. The second-order valence-electron chi connectivity index (χ2n) is 2.14. The van der Waals surface area contributed by atoms with Crippen LogP contribution in [0.1, 0.15) is 0 Å². The van der Waals surface area contributed by atoms with Crippen LogP contribution in [0.2, 0.25) is 0 Å². The van der Waals surface area contributed by atoms with Gasteiger partial charge < -0.3 is 4.98 Å². The summed E-state index contributed by atoms with van der Waals surface area (Å²) in [6, 6.07) is 0. The van der Waals surface area contributed by atoms with Crippen LogP contribution in [0.25, 0.3) is 11.2 Å². The lowest BCUT2D eigenvalue weighted by Gasteiger charge is -1.83. The highest BCUT2D eigenvalue weighted by Crippen LogP contribution is 1.92. The fourth-order valence-electron chi connectivity index (χ4n) is 0.867. The minimum atomic E-state index is -0.547. The molecule has 0 aliphatic carbocycles. The van der Waals surface area contributed by atoms with Gasteiger partial charge in [-0.25, -0.2) is 9.78 Å². The third-order valence-electron chi connectivity index (χ3n) is 1.33. The molecular formula is C6H6Cl2N4O2. The van der Waals surface area contributed by atoms with Crippen LogP contribution in [0.15, 0.2) is 15.9 Å². The fourth-order valence-corrected chi connectivity index (χ4v) is 0.867. The number of aromatic nitrogens is 4. The normalized spacial score (nSPS) is 9.57. The Morgan fingerprint density at radius 3 is 2.57 bits per heavy atom. The Bertz CT molecular complexity index is 514. The molecule has 6 nitrogen and oxygen atoms in total. The van der Waals surface area contributed by atoms with Crippen molar-refractivity contribution in [2.24, 2.45) is 0 Å². The molecule has 0 saturated heterocycles. The zero-order valence-electron chi connectivity index (χ0n) is 6.80. The molecule has 0 amide bonds. The number of nitrogens with one attached hydrogen (secondary N) is 3. The molecule has 3 N–H and O–H groups in total. The summed E-state index contributed by atoms with van der Waals surface area (Å²) in [5, 5.41) is 0.194. The van der Waals surface area contributed by atoms with E-state index in [9.17, 15) is 9.59 Å². The Kier molecular flexibility index (Phi) is 3.73. The average molecular weight is 237 g/mol. The Balaban J connectivity index is 0.000000293. The van der Waals surface area contributed by atoms with Crippen LogP contribution in [-0.4, -0.2) is 25.3 Å². The first-order valence-electron chi connectivity index (χ1n) is 3.46. The Labute approximate surface area is 87.3 Å². The molecule has 0 saturated carbocycles. The first-order valence-corrected chi connectivity index (χ1v) is 4.53. The first kappa shape index (κ1) is 10.8. The second-order valence-corrected chi connectivity index (χ2v) is 2.94. The lowest BCUT2D eigenvalue weighted by Crippen LogP contribution is -2.21. The number of H-pyrrole nitrogens is 3.